The van der Waals surface area contributed by atoms with Gasteiger partial charge < -0.3 is 10.1 Å². The number of hydrogen-bond acceptors (Lipinski definition) is 5. The third kappa shape index (κ3) is 4.08. The maximum absolute atomic E-state index is 12.7. The SMILES string of the molecule is CCOc1ccc(NC(=O)CN2CCc3sccc3C2c2cccs2)cc1. The van der Waals surface area contributed by atoms with Crippen molar-refractivity contribution in [2.45, 2.75) is 19.4 Å². The number of thiophene rings is 2. The number of ether oxygens (including phenoxy) is 1. The second-order valence-corrected chi connectivity index (χ2v) is 8.42. The van der Waals surface area contributed by atoms with E-state index in [1.807, 2.05) is 42.5 Å². The first kappa shape index (κ1) is 18.2. The van der Waals surface area contributed by atoms with Crippen LogP contribution in [0, 0.1) is 0 Å². The summed E-state index contributed by atoms with van der Waals surface area (Å²) in [6.45, 7) is 3.87. The molecule has 4 nitrogen and oxygen atoms in total. The topological polar surface area (TPSA) is 41.6 Å². The molecule has 0 fully saturated rings. The summed E-state index contributed by atoms with van der Waals surface area (Å²) in [5.41, 5.74) is 2.15. The summed E-state index contributed by atoms with van der Waals surface area (Å²) in [6, 6.07) is 14.2. The third-order valence-electron chi connectivity index (χ3n) is 4.67. The van der Waals surface area contributed by atoms with Gasteiger partial charge in [0.05, 0.1) is 19.2 Å². The van der Waals surface area contributed by atoms with Crippen LogP contribution in [-0.4, -0.2) is 30.5 Å². The van der Waals surface area contributed by atoms with Crippen molar-refractivity contribution in [1.82, 2.24) is 4.90 Å². The molecule has 0 saturated heterocycles. The summed E-state index contributed by atoms with van der Waals surface area (Å²) in [7, 11) is 0. The van der Waals surface area contributed by atoms with Crippen molar-refractivity contribution < 1.29 is 9.53 Å². The van der Waals surface area contributed by atoms with Gasteiger partial charge in [0.2, 0.25) is 5.91 Å². The Morgan fingerprint density at radius 1 is 1.19 bits per heavy atom. The molecule has 0 saturated carbocycles. The van der Waals surface area contributed by atoms with Crippen LogP contribution in [0.4, 0.5) is 5.69 Å². The van der Waals surface area contributed by atoms with Gasteiger partial charge in [0.1, 0.15) is 5.75 Å². The fourth-order valence-electron chi connectivity index (χ4n) is 3.50. The van der Waals surface area contributed by atoms with Crippen molar-refractivity contribution >= 4 is 34.3 Å². The van der Waals surface area contributed by atoms with Crippen LogP contribution in [0.5, 0.6) is 5.75 Å². The van der Waals surface area contributed by atoms with E-state index in [0.717, 1.165) is 24.4 Å². The predicted octanol–water partition coefficient (Wildman–Crippen LogP) is 4.79. The first-order valence-corrected chi connectivity index (χ1v) is 10.9. The molecular formula is C21H22N2O2S2. The molecule has 1 N–H and O–H groups in total. The number of anilines is 1. The van der Waals surface area contributed by atoms with E-state index in [0.29, 0.717) is 13.2 Å². The summed E-state index contributed by atoms with van der Waals surface area (Å²) in [5, 5.41) is 7.28. The molecule has 3 heterocycles. The van der Waals surface area contributed by atoms with E-state index in [1.165, 1.54) is 15.3 Å². The molecule has 1 amide bonds. The van der Waals surface area contributed by atoms with Gasteiger partial charge >= 0.3 is 0 Å². The number of fused-ring (bicyclic) bond motifs is 1. The van der Waals surface area contributed by atoms with Crippen molar-refractivity contribution in [3.8, 4) is 5.75 Å². The lowest BCUT2D eigenvalue weighted by Gasteiger charge is -2.34. The van der Waals surface area contributed by atoms with Crippen LogP contribution in [0.3, 0.4) is 0 Å². The number of carbonyl (C=O) groups excluding carboxylic acids is 1. The highest BCUT2D eigenvalue weighted by Gasteiger charge is 2.31. The molecule has 0 spiro atoms. The van der Waals surface area contributed by atoms with Crippen molar-refractivity contribution in [2.24, 2.45) is 0 Å². The molecule has 140 valence electrons. The minimum atomic E-state index is 0.0133. The van der Waals surface area contributed by atoms with Crippen LogP contribution in [0.25, 0.3) is 0 Å². The second-order valence-electron chi connectivity index (χ2n) is 6.44. The largest absolute Gasteiger partial charge is 0.494 e. The normalized spacial score (nSPS) is 16.7. The fourth-order valence-corrected chi connectivity index (χ4v) is 5.28. The Morgan fingerprint density at radius 3 is 2.78 bits per heavy atom. The Balaban J connectivity index is 1.47. The van der Waals surface area contributed by atoms with Gasteiger partial charge in [-0.1, -0.05) is 6.07 Å². The van der Waals surface area contributed by atoms with E-state index in [1.54, 1.807) is 11.3 Å². The lowest BCUT2D eigenvalue weighted by Crippen LogP contribution is -2.40. The van der Waals surface area contributed by atoms with Gasteiger partial charge in [-0.2, -0.15) is 0 Å². The van der Waals surface area contributed by atoms with E-state index in [-0.39, 0.29) is 11.9 Å². The average Bonchev–Trinajstić information content (AvgIpc) is 3.35. The van der Waals surface area contributed by atoms with Crippen molar-refractivity contribution in [3.05, 3.63) is 68.5 Å². The van der Waals surface area contributed by atoms with Crippen LogP contribution in [0.1, 0.15) is 28.3 Å². The zero-order valence-electron chi connectivity index (χ0n) is 15.2. The number of nitrogens with zero attached hydrogens (tertiary/aromatic N) is 1. The Labute approximate surface area is 167 Å². The lowest BCUT2D eigenvalue weighted by molar-refractivity contribution is -0.117. The maximum atomic E-state index is 12.7. The van der Waals surface area contributed by atoms with E-state index in [9.17, 15) is 4.79 Å². The number of hydrogen-bond donors (Lipinski definition) is 1. The molecule has 2 aromatic heterocycles. The standard InChI is InChI=1S/C21H22N2O2S2/c1-2-25-16-7-5-15(6-8-16)22-20(24)14-23-11-9-18-17(10-13-27-18)21(23)19-4-3-12-26-19/h3-8,10,12-13,21H,2,9,11,14H2,1H3,(H,22,24). The van der Waals surface area contributed by atoms with Gasteiger partial charge in [0, 0.05) is 22.0 Å². The summed E-state index contributed by atoms with van der Waals surface area (Å²) < 4.78 is 5.45. The molecule has 4 rings (SSSR count). The minimum absolute atomic E-state index is 0.0133. The highest BCUT2D eigenvalue weighted by molar-refractivity contribution is 7.10. The molecular weight excluding hydrogens is 376 g/mol. The molecule has 1 aliphatic rings. The van der Waals surface area contributed by atoms with Gasteiger partial charge in [-0.05, 0) is 66.1 Å². The van der Waals surface area contributed by atoms with Gasteiger partial charge in [-0.15, -0.1) is 22.7 Å². The monoisotopic (exact) mass is 398 g/mol. The predicted molar refractivity (Wildman–Crippen MR) is 112 cm³/mol. The molecule has 6 heteroatoms. The molecule has 1 unspecified atom stereocenters. The molecule has 1 aromatic carbocycles. The number of amides is 1. The van der Waals surface area contributed by atoms with Gasteiger partial charge in [0.15, 0.2) is 0 Å². The van der Waals surface area contributed by atoms with Crippen LogP contribution >= 0.6 is 22.7 Å². The Hall–Kier alpha value is -2.15. The minimum Gasteiger partial charge on any atom is -0.494 e. The first-order chi connectivity index (χ1) is 13.2. The van der Waals surface area contributed by atoms with Crippen LogP contribution in [0.15, 0.2) is 53.2 Å². The number of nitrogens with one attached hydrogen (secondary N) is 1. The molecule has 1 atom stereocenters. The highest BCUT2D eigenvalue weighted by Crippen LogP contribution is 2.39. The Morgan fingerprint density at radius 2 is 2.04 bits per heavy atom. The summed E-state index contributed by atoms with van der Waals surface area (Å²) in [4.78, 5) is 17.7. The van der Waals surface area contributed by atoms with Crippen molar-refractivity contribution in [1.29, 1.82) is 0 Å². The van der Waals surface area contributed by atoms with Crippen molar-refractivity contribution in [3.63, 3.8) is 0 Å². The van der Waals surface area contributed by atoms with Crippen LogP contribution in [0.2, 0.25) is 0 Å². The molecule has 0 radical (unpaired) electrons. The Kier molecular flexibility index (Phi) is 5.57. The maximum Gasteiger partial charge on any atom is 0.238 e. The summed E-state index contributed by atoms with van der Waals surface area (Å²) in [5.74, 6) is 0.827. The van der Waals surface area contributed by atoms with Gasteiger partial charge in [0.25, 0.3) is 0 Å². The summed E-state index contributed by atoms with van der Waals surface area (Å²) >= 11 is 3.58. The lowest BCUT2D eigenvalue weighted by atomic mass is 9.98. The van der Waals surface area contributed by atoms with Gasteiger partial charge in [-0.25, -0.2) is 0 Å². The number of rotatable bonds is 6. The van der Waals surface area contributed by atoms with Crippen molar-refractivity contribution in [2.75, 3.05) is 25.0 Å². The molecule has 3 aromatic rings. The molecule has 27 heavy (non-hydrogen) atoms. The van der Waals surface area contributed by atoms with Gasteiger partial charge in [-0.3, -0.25) is 9.69 Å². The smallest absolute Gasteiger partial charge is 0.238 e. The molecule has 0 aliphatic carbocycles. The second kappa shape index (κ2) is 8.25. The third-order valence-corrected chi connectivity index (χ3v) is 6.60. The zero-order valence-corrected chi connectivity index (χ0v) is 16.8. The first-order valence-electron chi connectivity index (χ1n) is 9.11. The average molecular weight is 399 g/mol. The van der Waals surface area contributed by atoms with Crippen LogP contribution in [-0.2, 0) is 11.2 Å². The van der Waals surface area contributed by atoms with E-state index in [4.69, 9.17) is 4.74 Å². The Bertz CT molecular complexity index is 887. The summed E-state index contributed by atoms with van der Waals surface area (Å²) in [6.07, 6.45) is 1.01. The zero-order chi connectivity index (χ0) is 18.6. The quantitative estimate of drug-likeness (QED) is 0.649. The van der Waals surface area contributed by atoms with E-state index in [2.05, 4.69) is 39.2 Å². The van der Waals surface area contributed by atoms with E-state index >= 15 is 0 Å². The molecule has 1 aliphatic heterocycles. The number of benzene rings is 1. The van der Waals surface area contributed by atoms with E-state index < -0.39 is 0 Å². The van der Waals surface area contributed by atoms with Crippen LogP contribution < -0.4 is 10.1 Å². The molecule has 0 bridgehead atoms. The number of carbonyl (C=O) groups is 1. The fraction of sp³-hybridized carbons (Fsp3) is 0.286. The highest BCUT2D eigenvalue weighted by atomic mass is 32.1.